The summed E-state index contributed by atoms with van der Waals surface area (Å²) in [5, 5.41) is 2.78. The van der Waals surface area contributed by atoms with Crippen LogP contribution in [0.4, 0.5) is 0 Å². The largest absolute Gasteiger partial charge is 0.354 e. The first kappa shape index (κ1) is 23.9. The van der Waals surface area contributed by atoms with Gasteiger partial charge in [-0.25, -0.2) is 13.1 Å². The molecular formula is C19H32ClN3O3S. The van der Waals surface area contributed by atoms with Crippen LogP contribution in [0.25, 0.3) is 0 Å². The van der Waals surface area contributed by atoms with Crippen LogP contribution in [0.15, 0.2) is 4.90 Å². The van der Waals surface area contributed by atoms with Crippen LogP contribution in [-0.2, 0) is 14.8 Å². The van der Waals surface area contributed by atoms with E-state index in [-0.39, 0.29) is 37.3 Å². The summed E-state index contributed by atoms with van der Waals surface area (Å²) in [6.45, 7) is 10.1. The van der Waals surface area contributed by atoms with E-state index in [1.54, 1.807) is 0 Å². The van der Waals surface area contributed by atoms with Crippen molar-refractivity contribution in [2.45, 2.75) is 64.8 Å². The number of carbonyl (C=O) groups excluding carboxylic acids is 1. The molecule has 1 saturated carbocycles. The molecule has 0 heterocycles. The molecule has 1 aliphatic rings. The number of hydrogen-bond acceptors (Lipinski definition) is 4. The fourth-order valence-corrected chi connectivity index (χ4v) is 4.88. The Labute approximate surface area is 169 Å². The van der Waals surface area contributed by atoms with Gasteiger partial charge in [0.05, 0.1) is 4.90 Å². The van der Waals surface area contributed by atoms with Gasteiger partial charge in [-0.3, -0.25) is 4.79 Å². The molecule has 1 amide bonds. The standard InChI is InChI=1S/C19H31N3O3S.ClH/c1-11-12(2)14(4)19(15(5)13(11)3)26(24,25)22-9-8-18(23)21-10-17(20)16-6-7-16;/h16-17,22H,6-10,20H2,1-5H3,(H,21,23);1H. The van der Waals surface area contributed by atoms with E-state index >= 15 is 0 Å². The van der Waals surface area contributed by atoms with E-state index in [4.69, 9.17) is 5.73 Å². The van der Waals surface area contributed by atoms with E-state index in [1.165, 1.54) is 0 Å². The number of carbonyl (C=O) groups is 1. The summed E-state index contributed by atoms with van der Waals surface area (Å²) in [6.07, 6.45) is 2.36. The van der Waals surface area contributed by atoms with Crippen molar-refractivity contribution in [1.82, 2.24) is 10.0 Å². The van der Waals surface area contributed by atoms with Gasteiger partial charge >= 0.3 is 0 Å². The van der Waals surface area contributed by atoms with E-state index in [9.17, 15) is 13.2 Å². The minimum atomic E-state index is -3.67. The van der Waals surface area contributed by atoms with Crippen LogP contribution >= 0.6 is 12.4 Å². The molecule has 1 unspecified atom stereocenters. The third-order valence-corrected chi connectivity index (χ3v) is 7.34. The van der Waals surface area contributed by atoms with E-state index in [0.29, 0.717) is 17.4 Å². The van der Waals surface area contributed by atoms with Crippen molar-refractivity contribution in [3.8, 4) is 0 Å². The summed E-state index contributed by atoms with van der Waals surface area (Å²) >= 11 is 0. The van der Waals surface area contributed by atoms with E-state index < -0.39 is 10.0 Å². The molecule has 1 aliphatic carbocycles. The van der Waals surface area contributed by atoms with Crippen molar-refractivity contribution >= 4 is 28.3 Å². The molecule has 2 rings (SSSR count). The molecule has 0 bridgehead atoms. The van der Waals surface area contributed by atoms with Crippen LogP contribution in [0, 0.1) is 40.5 Å². The Morgan fingerprint density at radius 1 is 1.04 bits per heavy atom. The monoisotopic (exact) mass is 417 g/mol. The van der Waals surface area contributed by atoms with Gasteiger partial charge in [0.25, 0.3) is 0 Å². The average Bonchev–Trinajstić information content (AvgIpc) is 3.41. The first-order valence-electron chi connectivity index (χ1n) is 9.15. The number of benzene rings is 1. The smallest absolute Gasteiger partial charge is 0.241 e. The highest BCUT2D eigenvalue weighted by Crippen LogP contribution is 2.31. The SMILES string of the molecule is Cc1c(C)c(C)c(S(=O)(=O)NCCC(=O)NCC(N)C2CC2)c(C)c1C.Cl. The van der Waals surface area contributed by atoms with E-state index in [0.717, 1.165) is 40.7 Å². The quantitative estimate of drug-likeness (QED) is 0.603. The Hall–Kier alpha value is -1.15. The lowest BCUT2D eigenvalue weighted by Gasteiger charge is -2.19. The summed E-state index contributed by atoms with van der Waals surface area (Å²) in [5.41, 5.74) is 10.6. The topological polar surface area (TPSA) is 101 Å². The van der Waals surface area contributed by atoms with Crippen molar-refractivity contribution in [2.75, 3.05) is 13.1 Å². The van der Waals surface area contributed by atoms with Gasteiger partial charge in [0.1, 0.15) is 0 Å². The lowest BCUT2D eigenvalue weighted by Crippen LogP contribution is -2.39. The summed E-state index contributed by atoms with van der Waals surface area (Å²) in [4.78, 5) is 12.2. The van der Waals surface area contributed by atoms with Gasteiger partial charge < -0.3 is 11.1 Å². The Morgan fingerprint density at radius 3 is 2.00 bits per heavy atom. The molecule has 1 aromatic rings. The Morgan fingerprint density at radius 2 is 1.52 bits per heavy atom. The van der Waals surface area contributed by atoms with Gasteiger partial charge in [0.15, 0.2) is 0 Å². The summed E-state index contributed by atoms with van der Waals surface area (Å²) in [6, 6.07) is -0.000509. The molecule has 1 aromatic carbocycles. The van der Waals surface area contributed by atoms with E-state index in [2.05, 4.69) is 10.0 Å². The molecule has 1 fully saturated rings. The minimum Gasteiger partial charge on any atom is -0.354 e. The molecule has 27 heavy (non-hydrogen) atoms. The predicted molar refractivity (Wildman–Crippen MR) is 111 cm³/mol. The zero-order valence-electron chi connectivity index (χ0n) is 16.8. The fourth-order valence-electron chi connectivity index (χ4n) is 3.25. The lowest BCUT2D eigenvalue weighted by atomic mass is 9.95. The minimum absolute atomic E-state index is 0. The number of rotatable bonds is 8. The first-order chi connectivity index (χ1) is 12.1. The lowest BCUT2D eigenvalue weighted by molar-refractivity contribution is -0.121. The molecule has 8 heteroatoms. The Balaban J connectivity index is 0.00000364. The van der Waals surface area contributed by atoms with Crippen LogP contribution in [0.5, 0.6) is 0 Å². The van der Waals surface area contributed by atoms with Gasteiger partial charge in [0, 0.05) is 25.6 Å². The third-order valence-electron chi connectivity index (χ3n) is 5.61. The van der Waals surface area contributed by atoms with Crippen molar-refractivity contribution in [1.29, 1.82) is 0 Å². The van der Waals surface area contributed by atoms with Crippen LogP contribution in [0.3, 0.4) is 0 Å². The van der Waals surface area contributed by atoms with E-state index in [1.807, 2.05) is 34.6 Å². The van der Waals surface area contributed by atoms with Crippen LogP contribution < -0.4 is 15.8 Å². The number of hydrogen-bond donors (Lipinski definition) is 3. The van der Waals surface area contributed by atoms with Crippen LogP contribution in [-0.4, -0.2) is 33.5 Å². The van der Waals surface area contributed by atoms with Gasteiger partial charge in [-0.15, -0.1) is 12.4 Å². The van der Waals surface area contributed by atoms with Crippen molar-refractivity contribution in [2.24, 2.45) is 11.7 Å². The average molecular weight is 418 g/mol. The third kappa shape index (κ3) is 5.67. The van der Waals surface area contributed by atoms with Gasteiger partial charge in [0.2, 0.25) is 15.9 Å². The second-order valence-electron chi connectivity index (χ2n) is 7.41. The zero-order chi connectivity index (χ0) is 19.6. The highest BCUT2D eigenvalue weighted by molar-refractivity contribution is 7.89. The molecule has 0 saturated heterocycles. The maximum absolute atomic E-state index is 12.8. The van der Waals surface area contributed by atoms with Crippen molar-refractivity contribution < 1.29 is 13.2 Å². The predicted octanol–water partition coefficient (Wildman–Crippen LogP) is 2.17. The van der Waals surface area contributed by atoms with Crippen molar-refractivity contribution in [3.05, 3.63) is 27.8 Å². The number of sulfonamides is 1. The molecule has 0 spiro atoms. The van der Waals surface area contributed by atoms with Gasteiger partial charge in [-0.05, 0) is 81.2 Å². The summed E-state index contributed by atoms with van der Waals surface area (Å²) in [7, 11) is -3.67. The first-order valence-corrected chi connectivity index (χ1v) is 10.6. The molecule has 0 aliphatic heterocycles. The molecule has 1 atom stereocenters. The maximum atomic E-state index is 12.8. The molecule has 4 N–H and O–H groups in total. The number of nitrogens with one attached hydrogen (secondary N) is 2. The number of halogens is 1. The summed E-state index contributed by atoms with van der Waals surface area (Å²) in [5.74, 6) is 0.335. The summed E-state index contributed by atoms with van der Waals surface area (Å²) < 4.78 is 28.1. The molecule has 6 nitrogen and oxygen atoms in total. The number of amides is 1. The zero-order valence-corrected chi connectivity index (χ0v) is 18.4. The molecule has 0 aromatic heterocycles. The number of nitrogens with two attached hydrogens (primary N) is 1. The highest BCUT2D eigenvalue weighted by Gasteiger charge is 2.28. The second kappa shape index (κ2) is 9.37. The Bertz CT molecular complexity index is 776. The van der Waals surface area contributed by atoms with Crippen LogP contribution in [0.1, 0.15) is 47.1 Å². The Kier molecular flexibility index (Phi) is 8.29. The molecule has 154 valence electrons. The van der Waals surface area contributed by atoms with Gasteiger partial charge in [-0.2, -0.15) is 0 Å². The van der Waals surface area contributed by atoms with Gasteiger partial charge in [-0.1, -0.05) is 0 Å². The van der Waals surface area contributed by atoms with Crippen LogP contribution in [0.2, 0.25) is 0 Å². The second-order valence-corrected chi connectivity index (χ2v) is 9.11. The highest BCUT2D eigenvalue weighted by atomic mass is 35.5. The maximum Gasteiger partial charge on any atom is 0.241 e. The molecular weight excluding hydrogens is 386 g/mol. The fraction of sp³-hybridized carbons (Fsp3) is 0.632. The van der Waals surface area contributed by atoms with Crippen molar-refractivity contribution in [3.63, 3.8) is 0 Å². The normalized spacial score (nSPS) is 15.2. The molecule has 0 radical (unpaired) electrons.